The highest BCUT2D eigenvalue weighted by Crippen LogP contribution is 2.21. The maximum Gasteiger partial charge on any atom is 0.303 e. The minimum absolute atomic E-state index is 0.0826. The van der Waals surface area contributed by atoms with Crippen LogP contribution in [-0.2, 0) is 14.8 Å². The summed E-state index contributed by atoms with van der Waals surface area (Å²) in [5, 5.41) is 9.17. The van der Waals surface area contributed by atoms with Gasteiger partial charge in [-0.15, -0.1) is 0 Å². The van der Waals surface area contributed by atoms with Gasteiger partial charge >= 0.3 is 5.97 Å². The molecule has 1 aromatic carbocycles. The van der Waals surface area contributed by atoms with Crippen LogP contribution in [0, 0.1) is 0 Å². The lowest BCUT2D eigenvalue weighted by Gasteiger charge is -2.14. The zero-order chi connectivity index (χ0) is 15.5. The van der Waals surface area contributed by atoms with E-state index in [1.807, 2.05) is 0 Å². The van der Waals surface area contributed by atoms with E-state index in [0.29, 0.717) is 10.9 Å². The highest BCUT2D eigenvalue weighted by Gasteiger charge is 2.20. The first-order chi connectivity index (χ1) is 9.90. The van der Waals surface area contributed by atoms with Crippen molar-refractivity contribution in [1.29, 1.82) is 0 Å². The van der Waals surface area contributed by atoms with Crippen LogP contribution in [0.25, 0.3) is 10.9 Å². The number of carboxylic acid groups (broad SMARTS) is 1. The second-order valence-electron chi connectivity index (χ2n) is 4.78. The standard InChI is InChI=1S/C14H16N2O4S/c1-10(7-8-14(17)18)16-21(19,20)13-6-2-5-12-11(13)4-3-9-15-12/h2-6,9-10,16H,7-8H2,1H3,(H,17,18). The Hall–Kier alpha value is -1.99. The summed E-state index contributed by atoms with van der Waals surface area (Å²) in [5.41, 5.74) is 0.596. The number of nitrogens with zero attached hydrogens (tertiary/aromatic N) is 1. The molecule has 0 aliphatic rings. The minimum atomic E-state index is -3.72. The molecular weight excluding hydrogens is 292 g/mol. The van der Waals surface area contributed by atoms with Gasteiger partial charge in [-0.25, -0.2) is 13.1 Å². The molecule has 0 spiro atoms. The molecule has 1 atom stereocenters. The van der Waals surface area contributed by atoms with Crippen molar-refractivity contribution in [3.63, 3.8) is 0 Å². The highest BCUT2D eigenvalue weighted by atomic mass is 32.2. The van der Waals surface area contributed by atoms with Crippen LogP contribution in [0.4, 0.5) is 0 Å². The average molecular weight is 308 g/mol. The molecule has 2 N–H and O–H groups in total. The Labute approximate surface area is 122 Å². The number of carboxylic acids is 1. The van der Waals surface area contributed by atoms with Gasteiger partial charge in [0.05, 0.1) is 10.4 Å². The van der Waals surface area contributed by atoms with Crippen LogP contribution in [-0.4, -0.2) is 30.5 Å². The molecular formula is C14H16N2O4S. The van der Waals surface area contributed by atoms with Gasteiger partial charge in [0, 0.05) is 24.0 Å². The van der Waals surface area contributed by atoms with Crippen molar-refractivity contribution in [3.05, 3.63) is 36.5 Å². The normalized spacial score (nSPS) is 13.2. The van der Waals surface area contributed by atoms with E-state index in [0.717, 1.165) is 0 Å². The Balaban J connectivity index is 2.28. The molecule has 0 saturated carbocycles. The molecule has 21 heavy (non-hydrogen) atoms. The second-order valence-corrected chi connectivity index (χ2v) is 6.46. The van der Waals surface area contributed by atoms with Crippen molar-refractivity contribution in [2.24, 2.45) is 0 Å². The topological polar surface area (TPSA) is 96.4 Å². The molecule has 0 radical (unpaired) electrons. The van der Waals surface area contributed by atoms with Crippen LogP contribution in [0.15, 0.2) is 41.4 Å². The maximum absolute atomic E-state index is 12.4. The molecule has 0 bridgehead atoms. The number of hydrogen-bond donors (Lipinski definition) is 2. The third-order valence-electron chi connectivity index (χ3n) is 3.04. The molecule has 7 heteroatoms. The van der Waals surface area contributed by atoms with E-state index in [9.17, 15) is 13.2 Å². The van der Waals surface area contributed by atoms with Crippen LogP contribution in [0.1, 0.15) is 19.8 Å². The van der Waals surface area contributed by atoms with E-state index >= 15 is 0 Å². The van der Waals surface area contributed by atoms with Crippen molar-refractivity contribution in [1.82, 2.24) is 9.71 Å². The third-order valence-corrected chi connectivity index (χ3v) is 4.69. The number of sulfonamides is 1. The third kappa shape index (κ3) is 3.77. The fourth-order valence-corrected chi connectivity index (χ4v) is 3.53. The number of pyridine rings is 1. The Morgan fingerprint density at radius 2 is 2.10 bits per heavy atom. The monoisotopic (exact) mass is 308 g/mol. The molecule has 1 unspecified atom stereocenters. The number of carbonyl (C=O) groups is 1. The SMILES string of the molecule is CC(CCC(=O)O)NS(=O)(=O)c1cccc2ncccc12. The van der Waals surface area contributed by atoms with Gasteiger partial charge in [-0.2, -0.15) is 0 Å². The molecule has 1 heterocycles. The van der Waals surface area contributed by atoms with Crippen LogP contribution < -0.4 is 4.72 Å². The molecule has 2 aromatic rings. The van der Waals surface area contributed by atoms with E-state index in [1.54, 1.807) is 37.4 Å². The number of rotatable bonds is 6. The largest absolute Gasteiger partial charge is 0.481 e. The molecule has 0 aliphatic carbocycles. The maximum atomic E-state index is 12.4. The number of aromatic nitrogens is 1. The summed E-state index contributed by atoms with van der Waals surface area (Å²) in [5.74, 6) is -0.949. The summed E-state index contributed by atoms with van der Waals surface area (Å²) in [4.78, 5) is 14.8. The van der Waals surface area contributed by atoms with Gasteiger partial charge in [-0.1, -0.05) is 6.07 Å². The van der Waals surface area contributed by atoms with Gasteiger partial charge < -0.3 is 5.11 Å². The first-order valence-electron chi connectivity index (χ1n) is 6.48. The summed E-state index contributed by atoms with van der Waals surface area (Å²) in [6.07, 6.45) is 1.75. The summed E-state index contributed by atoms with van der Waals surface area (Å²) < 4.78 is 27.3. The molecule has 0 amide bonds. The summed E-state index contributed by atoms with van der Waals surface area (Å²) in [7, 11) is -3.72. The van der Waals surface area contributed by atoms with Crippen LogP contribution in [0.2, 0.25) is 0 Å². The van der Waals surface area contributed by atoms with Crippen LogP contribution in [0.3, 0.4) is 0 Å². The van der Waals surface area contributed by atoms with E-state index in [-0.39, 0.29) is 17.7 Å². The molecule has 112 valence electrons. The minimum Gasteiger partial charge on any atom is -0.481 e. The summed E-state index contributed by atoms with van der Waals surface area (Å²) >= 11 is 0. The fraction of sp³-hybridized carbons (Fsp3) is 0.286. The van der Waals surface area contributed by atoms with E-state index < -0.39 is 22.0 Å². The zero-order valence-corrected chi connectivity index (χ0v) is 12.3. The fourth-order valence-electron chi connectivity index (χ4n) is 2.04. The van der Waals surface area contributed by atoms with Gasteiger partial charge in [0.25, 0.3) is 0 Å². The lowest BCUT2D eigenvalue weighted by atomic mass is 10.2. The summed E-state index contributed by atoms with van der Waals surface area (Å²) in [6.45, 7) is 1.64. The Morgan fingerprint density at radius 3 is 2.81 bits per heavy atom. The average Bonchev–Trinajstić information content (AvgIpc) is 2.44. The first-order valence-corrected chi connectivity index (χ1v) is 7.96. The number of hydrogen-bond acceptors (Lipinski definition) is 4. The smallest absolute Gasteiger partial charge is 0.303 e. The molecule has 0 fully saturated rings. The number of benzene rings is 1. The predicted molar refractivity (Wildman–Crippen MR) is 78.4 cm³/mol. The lowest BCUT2D eigenvalue weighted by molar-refractivity contribution is -0.137. The van der Waals surface area contributed by atoms with Crippen molar-refractivity contribution in [2.75, 3.05) is 0 Å². The Bertz CT molecular complexity index is 753. The van der Waals surface area contributed by atoms with Crippen molar-refractivity contribution in [3.8, 4) is 0 Å². The van der Waals surface area contributed by atoms with E-state index in [1.165, 1.54) is 6.07 Å². The zero-order valence-electron chi connectivity index (χ0n) is 11.5. The first kappa shape index (κ1) is 15.4. The van der Waals surface area contributed by atoms with Gasteiger partial charge in [-0.3, -0.25) is 9.78 Å². The van der Waals surface area contributed by atoms with Crippen molar-refractivity contribution in [2.45, 2.75) is 30.7 Å². The van der Waals surface area contributed by atoms with Gasteiger partial charge in [0.15, 0.2) is 0 Å². The molecule has 1 aromatic heterocycles. The number of nitrogens with one attached hydrogen (secondary N) is 1. The van der Waals surface area contributed by atoms with Crippen LogP contribution in [0.5, 0.6) is 0 Å². The highest BCUT2D eigenvalue weighted by molar-refractivity contribution is 7.89. The lowest BCUT2D eigenvalue weighted by Crippen LogP contribution is -2.33. The van der Waals surface area contributed by atoms with E-state index in [2.05, 4.69) is 9.71 Å². The predicted octanol–water partition coefficient (Wildman–Crippen LogP) is 1.77. The molecule has 0 saturated heterocycles. The Morgan fingerprint density at radius 1 is 1.33 bits per heavy atom. The number of aliphatic carboxylic acids is 1. The van der Waals surface area contributed by atoms with Gasteiger partial charge in [0.2, 0.25) is 10.0 Å². The quantitative estimate of drug-likeness (QED) is 0.847. The van der Waals surface area contributed by atoms with Gasteiger partial charge in [0.1, 0.15) is 0 Å². The van der Waals surface area contributed by atoms with Crippen LogP contribution >= 0.6 is 0 Å². The molecule has 2 rings (SSSR count). The molecule has 6 nitrogen and oxygen atoms in total. The molecule has 0 aliphatic heterocycles. The van der Waals surface area contributed by atoms with E-state index in [4.69, 9.17) is 5.11 Å². The van der Waals surface area contributed by atoms with Crippen molar-refractivity contribution < 1.29 is 18.3 Å². The second kappa shape index (κ2) is 6.19. The number of fused-ring (bicyclic) bond motifs is 1. The van der Waals surface area contributed by atoms with Gasteiger partial charge in [-0.05, 0) is 37.6 Å². The van der Waals surface area contributed by atoms with Crippen molar-refractivity contribution >= 4 is 26.9 Å². The summed E-state index contributed by atoms with van der Waals surface area (Å²) in [6, 6.07) is 7.79. The Kier molecular flexibility index (Phi) is 4.54.